The van der Waals surface area contributed by atoms with E-state index in [-0.39, 0.29) is 17.9 Å². The van der Waals surface area contributed by atoms with Crippen molar-refractivity contribution in [2.75, 3.05) is 18.1 Å². The Labute approximate surface area is 233 Å². The van der Waals surface area contributed by atoms with Gasteiger partial charge in [0.2, 0.25) is 0 Å². The smallest absolute Gasteiger partial charge is 0.337 e. The molecular weight excluding hydrogens is 532 g/mol. The molecule has 0 aliphatic carbocycles. The highest BCUT2D eigenvalue weighted by Gasteiger charge is 2.27. The maximum Gasteiger partial charge on any atom is 0.337 e. The number of nitrogens with zero attached hydrogens (tertiary/aromatic N) is 5. The van der Waals surface area contributed by atoms with Gasteiger partial charge in [0.25, 0.3) is 6.43 Å². The average Bonchev–Trinajstić information content (AvgIpc) is 3.48. The van der Waals surface area contributed by atoms with Crippen LogP contribution >= 0.6 is 0 Å². The highest BCUT2D eigenvalue weighted by atomic mass is 28.3. The lowest BCUT2D eigenvalue weighted by molar-refractivity contribution is 0.0696. The number of rotatable bonds is 9. The molecule has 0 atom stereocenters. The second kappa shape index (κ2) is 10.8. The van der Waals surface area contributed by atoms with Gasteiger partial charge in [-0.05, 0) is 55.1 Å². The van der Waals surface area contributed by atoms with Crippen molar-refractivity contribution in [2.45, 2.75) is 58.6 Å². The van der Waals surface area contributed by atoms with Crippen LogP contribution in [-0.2, 0) is 24.9 Å². The van der Waals surface area contributed by atoms with E-state index in [1.54, 1.807) is 47.0 Å². The summed E-state index contributed by atoms with van der Waals surface area (Å²) in [5.74, 6) is -0.497. The summed E-state index contributed by atoms with van der Waals surface area (Å²) in [7, 11) is 0.499. The Kier molecular flexibility index (Phi) is 7.53. The molecular formula is C29H35F2N5O3Si. The highest BCUT2D eigenvalue weighted by Crippen LogP contribution is 2.41. The van der Waals surface area contributed by atoms with Crippen LogP contribution in [0.1, 0.15) is 40.0 Å². The number of carboxylic acid groups (broad SMARTS) is 1. The molecule has 1 aromatic carbocycles. The van der Waals surface area contributed by atoms with E-state index >= 15 is 0 Å². The number of benzene rings is 1. The van der Waals surface area contributed by atoms with Gasteiger partial charge in [-0.1, -0.05) is 19.6 Å². The number of fused-ring (bicyclic) bond motifs is 2. The van der Waals surface area contributed by atoms with E-state index in [9.17, 15) is 18.7 Å². The summed E-state index contributed by atoms with van der Waals surface area (Å²) in [6, 6.07) is 6.16. The third kappa shape index (κ3) is 5.53. The Morgan fingerprint density at radius 1 is 1.20 bits per heavy atom. The first-order chi connectivity index (χ1) is 18.9. The molecule has 0 radical (unpaired) electrons. The first kappa shape index (κ1) is 28.0. The minimum Gasteiger partial charge on any atom is -0.478 e. The predicted molar refractivity (Wildman–Crippen MR) is 154 cm³/mol. The number of carboxylic acids is 1. The van der Waals surface area contributed by atoms with Gasteiger partial charge in [0.05, 0.1) is 23.0 Å². The van der Waals surface area contributed by atoms with Crippen molar-refractivity contribution in [1.82, 2.24) is 19.3 Å². The van der Waals surface area contributed by atoms with Crippen molar-refractivity contribution in [3.8, 4) is 11.1 Å². The number of aryl methyl sites for hydroxylation is 3. The first-order valence-corrected chi connectivity index (χ1v) is 17.2. The summed E-state index contributed by atoms with van der Waals surface area (Å²) in [6.45, 7) is 10.1. The fourth-order valence-electron chi connectivity index (χ4n) is 5.34. The number of ether oxygens (including phenoxy) is 1. The van der Waals surface area contributed by atoms with Crippen molar-refractivity contribution in [3.05, 3.63) is 59.2 Å². The van der Waals surface area contributed by atoms with Crippen LogP contribution in [-0.4, -0.2) is 51.6 Å². The Hall–Kier alpha value is -3.57. The molecule has 11 heteroatoms. The van der Waals surface area contributed by atoms with E-state index in [2.05, 4.69) is 24.7 Å². The number of carbonyl (C=O) groups is 1. The van der Waals surface area contributed by atoms with Crippen LogP contribution in [0.3, 0.4) is 0 Å². The standard InChI is InChI=1S/C29H35F2N5O3Si/c1-18-27-22(24(29(37)38)16-35(27)17-39-9-10-40(3,4)5)13-26(33-18)36-8-6-7-19-11-21(20-14-32-34(2)15-20)23(28(30)31)12-25(19)36/h11-16,28H,6-10,17H2,1-5H3,(H,37,38). The van der Waals surface area contributed by atoms with Crippen LogP contribution in [0, 0.1) is 6.92 Å². The molecule has 40 heavy (non-hydrogen) atoms. The maximum absolute atomic E-state index is 14.3. The van der Waals surface area contributed by atoms with Crippen LogP contribution in [0.5, 0.6) is 0 Å². The van der Waals surface area contributed by atoms with E-state index in [0.29, 0.717) is 52.4 Å². The molecule has 4 aromatic rings. The van der Waals surface area contributed by atoms with Crippen molar-refractivity contribution in [3.63, 3.8) is 0 Å². The number of pyridine rings is 1. The van der Waals surface area contributed by atoms with E-state index < -0.39 is 20.5 Å². The Morgan fingerprint density at radius 3 is 2.62 bits per heavy atom. The number of alkyl halides is 2. The third-order valence-corrected chi connectivity index (χ3v) is 9.07. The van der Waals surface area contributed by atoms with Gasteiger partial charge >= 0.3 is 5.97 Å². The summed E-state index contributed by atoms with van der Waals surface area (Å²) in [5, 5.41) is 14.7. The zero-order valence-corrected chi connectivity index (χ0v) is 24.5. The highest BCUT2D eigenvalue weighted by molar-refractivity contribution is 6.76. The predicted octanol–water partition coefficient (Wildman–Crippen LogP) is 6.78. The van der Waals surface area contributed by atoms with Crippen LogP contribution in [0.2, 0.25) is 25.7 Å². The van der Waals surface area contributed by atoms with Crippen LogP contribution in [0.15, 0.2) is 36.8 Å². The minimum atomic E-state index is -2.67. The van der Waals surface area contributed by atoms with Crippen molar-refractivity contribution < 1.29 is 23.4 Å². The van der Waals surface area contributed by atoms with Crippen molar-refractivity contribution in [1.29, 1.82) is 0 Å². The zero-order chi connectivity index (χ0) is 28.8. The number of anilines is 2. The summed E-state index contributed by atoms with van der Waals surface area (Å²) < 4.78 is 37.9. The molecule has 5 rings (SSSR count). The fourth-order valence-corrected chi connectivity index (χ4v) is 6.09. The van der Waals surface area contributed by atoms with E-state index in [4.69, 9.17) is 9.72 Å². The molecule has 3 aromatic heterocycles. The SMILES string of the molecule is Cc1nc(N2CCCc3cc(-c4cnn(C)c4)c(C(F)F)cc32)cc2c(C(=O)O)cn(COCC[Si](C)(C)C)c12. The van der Waals surface area contributed by atoms with E-state index in [1.165, 1.54) is 0 Å². The monoisotopic (exact) mass is 567 g/mol. The number of hydrogen-bond donors (Lipinski definition) is 1. The average molecular weight is 568 g/mol. The zero-order valence-electron chi connectivity index (χ0n) is 23.5. The van der Waals surface area contributed by atoms with Gasteiger partial charge in [0.1, 0.15) is 12.5 Å². The van der Waals surface area contributed by atoms with Crippen molar-refractivity contribution in [2.24, 2.45) is 7.05 Å². The number of aromatic carboxylic acids is 1. The molecule has 0 saturated carbocycles. The van der Waals surface area contributed by atoms with E-state index in [0.717, 1.165) is 24.4 Å². The number of halogens is 2. The lowest BCUT2D eigenvalue weighted by Gasteiger charge is -2.32. The summed E-state index contributed by atoms with van der Waals surface area (Å²) in [6.07, 6.45) is 3.81. The number of hydrogen-bond acceptors (Lipinski definition) is 5. The molecule has 8 nitrogen and oxygen atoms in total. The van der Waals surface area contributed by atoms with Gasteiger partial charge < -0.3 is 19.3 Å². The van der Waals surface area contributed by atoms with Gasteiger partial charge in [0, 0.05) is 62.9 Å². The Morgan fingerprint density at radius 2 is 1.98 bits per heavy atom. The quantitative estimate of drug-likeness (QED) is 0.177. The van der Waals surface area contributed by atoms with Gasteiger partial charge in [-0.3, -0.25) is 4.68 Å². The lowest BCUT2D eigenvalue weighted by atomic mass is 9.93. The Balaban J connectivity index is 1.55. The van der Waals surface area contributed by atoms with Gasteiger partial charge in [0.15, 0.2) is 0 Å². The molecule has 1 aliphatic heterocycles. The molecule has 212 valence electrons. The second-order valence-corrected chi connectivity index (χ2v) is 17.3. The molecule has 4 heterocycles. The van der Waals surface area contributed by atoms with E-state index in [1.807, 2.05) is 17.9 Å². The summed E-state index contributed by atoms with van der Waals surface area (Å²) >= 11 is 0. The van der Waals surface area contributed by atoms with Gasteiger partial charge in [-0.2, -0.15) is 5.10 Å². The van der Waals surface area contributed by atoms with Crippen LogP contribution in [0.4, 0.5) is 20.3 Å². The fraction of sp³-hybridized carbons (Fsp3) is 0.414. The number of aromatic nitrogens is 4. The minimum absolute atomic E-state index is 0.0655. The Bertz CT molecular complexity index is 1570. The molecule has 0 bridgehead atoms. The van der Waals surface area contributed by atoms with Gasteiger partial charge in [-0.25, -0.2) is 18.6 Å². The summed E-state index contributed by atoms with van der Waals surface area (Å²) in [5.41, 5.74) is 4.19. The summed E-state index contributed by atoms with van der Waals surface area (Å²) in [4.78, 5) is 19.0. The molecule has 0 fully saturated rings. The maximum atomic E-state index is 14.3. The normalized spacial score (nSPS) is 13.8. The topological polar surface area (TPSA) is 85.4 Å². The first-order valence-electron chi connectivity index (χ1n) is 13.5. The molecule has 0 amide bonds. The third-order valence-electron chi connectivity index (χ3n) is 7.37. The lowest BCUT2D eigenvalue weighted by Crippen LogP contribution is -2.26. The van der Waals surface area contributed by atoms with Crippen molar-refractivity contribution >= 4 is 36.5 Å². The second-order valence-electron chi connectivity index (χ2n) is 11.7. The molecule has 1 aliphatic rings. The largest absolute Gasteiger partial charge is 0.478 e. The molecule has 0 saturated heterocycles. The molecule has 1 N–H and O–H groups in total. The van der Waals surface area contributed by atoms with Crippen LogP contribution in [0.25, 0.3) is 22.0 Å². The molecule has 0 unspecified atom stereocenters. The van der Waals surface area contributed by atoms with Gasteiger partial charge in [-0.15, -0.1) is 0 Å². The molecule has 0 spiro atoms. The van der Waals surface area contributed by atoms with Crippen LogP contribution < -0.4 is 4.90 Å².